The van der Waals surface area contributed by atoms with Crippen LogP contribution < -0.4 is 5.32 Å². The topological polar surface area (TPSA) is 38.3 Å². The zero-order chi connectivity index (χ0) is 10.1. The number of alkyl carbamates (subject to hydrolysis) is 1. The summed E-state index contributed by atoms with van der Waals surface area (Å²) in [7, 11) is 0. The van der Waals surface area contributed by atoms with Crippen molar-refractivity contribution in [3.05, 3.63) is 34.6 Å². The van der Waals surface area contributed by atoms with E-state index in [0.29, 0.717) is 5.56 Å². The predicted molar refractivity (Wildman–Crippen MR) is 55.9 cm³/mol. The van der Waals surface area contributed by atoms with Crippen LogP contribution in [0.4, 0.5) is 9.18 Å². The van der Waals surface area contributed by atoms with Crippen LogP contribution in [0.25, 0.3) is 0 Å². The van der Waals surface area contributed by atoms with Gasteiger partial charge in [-0.3, -0.25) is 0 Å². The predicted octanol–water partition coefficient (Wildman–Crippen LogP) is 2.68. The first-order valence-corrected chi connectivity index (χ1v) is 4.43. The van der Waals surface area contributed by atoms with Crippen LogP contribution in [0.2, 0.25) is 5.02 Å². The fraction of sp³-hybridized carbons (Fsp3) is 0.222. The monoisotopic (exact) mass is 251 g/mol. The van der Waals surface area contributed by atoms with Crippen LogP contribution in [0.1, 0.15) is 11.6 Å². The van der Waals surface area contributed by atoms with Gasteiger partial charge in [-0.1, -0.05) is 23.7 Å². The molecular weight excluding hydrogens is 244 g/mol. The minimum absolute atomic E-state index is 0. The summed E-state index contributed by atoms with van der Waals surface area (Å²) in [5.74, 6) is -0.495. The number of benzene rings is 1. The lowest BCUT2D eigenvalue weighted by Gasteiger charge is -2.09. The van der Waals surface area contributed by atoms with Crippen LogP contribution >= 0.6 is 24.0 Å². The third-order valence-corrected chi connectivity index (χ3v) is 2.43. The molecule has 0 aromatic heterocycles. The molecule has 6 heteroatoms. The number of hydrogen-bond donors (Lipinski definition) is 1. The third kappa shape index (κ3) is 2.33. The van der Waals surface area contributed by atoms with Gasteiger partial charge in [0.1, 0.15) is 12.4 Å². The molecule has 1 N–H and O–H groups in total. The van der Waals surface area contributed by atoms with Gasteiger partial charge < -0.3 is 10.1 Å². The van der Waals surface area contributed by atoms with Gasteiger partial charge in [0.05, 0.1) is 11.1 Å². The first-order valence-electron chi connectivity index (χ1n) is 4.05. The SMILES string of the molecule is Cl.O=C1N[C@H](c2cccc(F)c2Cl)CO1. The van der Waals surface area contributed by atoms with E-state index < -0.39 is 11.9 Å². The lowest BCUT2D eigenvalue weighted by atomic mass is 10.1. The Morgan fingerprint density at radius 3 is 2.87 bits per heavy atom. The van der Waals surface area contributed by atoms with Crippen molar-refractivity contribution in [3.63, 3.8) is 0 Å². The van der Waals surface area contributed by atoms with Crippen molar-refractivity contribution in [3.8, 4) is 0 Å². The van der Waals surface area contributed by atoms with Gasteiger partial charge in [0.2, 0.25) is 0 Å². The maximum Gasteiger partial charge on any atom is 0.407 e. The van der Waals surface area contributed by atoms with Crippen LogP contribution in [0.3, 0.4) is 0 Å². The van der Waals surface area contributed by atoms with Crippen LogP contribution in [-0.2, 0) is 4.74 Å². The second-order valence-corrected chi connectivity index (χ2v) is 3.32. The molecule has 1 aromatic rings. The summed E-state index contributed by atoms with van der Waals surface area (Å²) in [6.45, 7) is 0.183. The van der Waals surface area contributed by atoms with Crippen LogP contribution in [0.5, 0.6) is 0 Å². The Morgan fingerprint density at radius 2 is 2.27 bits per heavy atom. The van der Waals surface area contributed by atoms with Crippen LogP contribution in [0.15, 0.2) is 18.2 Å². The summed E-state index contributed by atoms with van der Waals surface area (Å²) in [5, 5.41) is 2.56. The molecule has 0 aliphatic carbocycles. The van der Waals surface area contributed by atoms with Crippen molar-refractivity contribution < 1.29 is 13.9 Å². The van der Waals surface area contributed by atoms with Crippen LogP contribution in [0, 0.1) is 5.82 Å². The summed E-state index contributed by atoms with van der Waals surface area (Å²) >= 11 is 5.74. The van der Waals surface area contributed by atoms with Crippen molar-refractivity contribution >= 4 is 30.1 Å². The number of rotatable bonds is 1. The minimum atomic E-state index is -0.504. The fourth-order valence-corrected chi connectivity index (χ4v) is 1.60. The molecule has 1 aromatic carbocycles. The van der Waals surface area contributed by atoms with Gasteiger partial charge in [-0.15, -0.1) is 12.4 Å². The van der Waals surface area contributed by atoms with E-state index in [1.54, 1.807) is 12.1 Å². The number of nitrogens with one attached hydrogen (secondary N) is 1. The Morgan fingerprint density at radius 1 is 1.53 bits per heavy atom. The van der Waals surface area contributed by atoms with E-state index in [4.69, 9.17) is 11.6 Å². The molecule has 0 saturated carbocycles. The van der Waals surface area contributed by atoms with E-state index in [0.717, 1.165) is 0 Å². The largest absolute Gasteiger partial charge is 0.447 e. The first-order chi connectivity index (χ1) is 6.68. The highest BCUT2D eigenvalue weighted by atomic mass is 35.5. The Labute approximate surface area is 97.0 Å². The molecule has 0 radical (unpaired) electrons. The normalized spacial score (nSPS) is 19.1. The molecular formula is C9H8Cl2FNO2. The molecule has 0 spiro atoms. The number of halogens is 3. The summed E-state index contributed by atoms with van der Waals surface area (Å²) in [5.41, 5.74) is 0.539. The molecule has 0 unspecified atom stereocenters. The van der Waals surface area contributed by atoms with Crippen molar-refractivity contribution in [2.45, 2.75) is 6.04 Å². The number of amides is 1. The molecule has 0 bridgehead atoms. The highest BCUT2D eigenvalue weighted by Crippen LogP contribution is 2.27. The van der Waals surface area contributed by atoms with E-state index >= 15 is 0 Å². The van der Waals surface area contributed by atoms with Crippen molar-refractivity contribution in [2.24, 2.45) is 0 Å². The lowest BCUT2D eigenvalue weighted by molar-refractivity contribution is 0.177. The molecule has 15 heavy (non-hydrogen) atoms. The van der Waals surface area contributed by atoms with Crippen molar-refractivity contribution in [2.75, 3.05) is 6.61 Å². The molecule has 1 amide bonds. The lowest BCUT2D eigenvalue weighted by Crippen LogP contribution is -2.18. The van der Waals surface area contributed by atoms with E-state index in [-0.39, 0.29) is 30.1 Å². The fourth-order valence-electron chi connectivity index (χ4n) is 1.34. The third-order valence-electron chi connectivity index (χ3n) is 2.03. The highest BCUT2D eigenvalue weighted by Gasteiger charge is 2.26. The average molecular weight is 252 g/mol. The van der Waals surface area contributed by atoms with Gasteiger partial charge in [0, 0.05) is 0 Å². The maximum atomic E-state index is 13.0. The number of carbonyl (C=O) groups excluding carboxylic acids is 1. The van der Waals surface area contributed by atoms with Gasteiger partial charge >= 0.3 is 6.09 Å². The van der Waals surface area contributed by atoms with Gasteiger partial charge in [-0.25, -0.2) is 9.18 Å². The minimum Gasteiger partial charge on any atom is -0.447 e. The first kappa shape index (κ1) is 12.1. The smallest absolute Gasteiger partial charge is 0.407 e. The second kappa shape index (κ2) is 4.68. The van der Waals surface area contributed by atoms with Gasteiger partial charge in [0.25, 0.3) is 0 Å². The molecule has 1 heterocycles. The molecule has 2 rings (SSSR count). The van der Waals surface area contributed by atoms with Gasteiger partial charge in [0.15, 0.2) is 0 Å². The Balaban J connectivity index is 0.00000112. The van der Waals surface area contributed by atoms with Crippen LogP contribution in [-0.4, -0.2) is 12.7 Å². The van der Waals surface area contributed by atoms with Crippen molar-refractivity contribution in [1.82, 2.24) is 5.32 Å². The van der Waals surface area contributed by atoms with E-state index in [9.17, 15) is 9.18 Å². The van der Waals surface area contributed by atoms with E-state index in [1.165, 1.54) is 6.07 Å². The Hall–Kier alpha value is -1.000. The van der Waals surface area contributed by atoms with E-state index in [2.05, 4.69) is 10.1 Å². The van der Waals surface area contributed by atoms with E-state index in [1.807, 2.05) is 0 Å². The summed E-state index contributed by atoms with van der Waals surface area (Å²) < 4.78 is 17.7. The number of ether oxygens (including phenoxy) is 1. The standard InChI is InChI=1S/C9H7ClFNO2.ClH/c10-8-5(2-1-3-6(8)11)7-4-14-9(13)12-7;/h1-3,7H,4H2,(H,12,13);1H/t7-;/m0./s1. The molecule has 3 nitrogen and oxygen atoms in total. The summed E-state index contributed by atoms with van der Waals surface area (Å²) in [4.78, 5) is 10.8. The quantitative estimate of drug-likeness (QED) is 0.834. The summed E-state index contributed by atoms with van der Waals surface area (Å²) in [6, 6.07) is 4.11. The average Bonchev–Trinajstić information content (AvgIpc) is 2.57. The van der Waals surface area contributed by atoms with Crippen molar-refractivity contribution in [1.29, 1.82) is 0 Å². The van der Waals surface area contributed by atoms with Gasteiger partial charge in [-0.2, -0.15) is 0 Å². The number of cyclic esters (lactones) is 1. The second-order valence-electron chi connectivity index (χ2n) is 2.94. The summed E-state index contributed by atoms with van der Waals surface area (Å²) in [6.07, 6.45) is -0.504. The maximum absolute atomic E-state index is 13.0. The molecule has 1 aliphatic heterocycles. The molecule has 1 aliphatic rings. The molecule has 1 saturated heterocycles. The molecule has 1 atom stereocenters. The molecule has 1 fully saturated rings. The number of hydrogen-bond acceptors (Lipinski definition) is 2. The Bertz CT molecular complexity index is 386. The zero-order valence-corrected chi connectivity index (χ0v) is 9.07. The number of carbonyl (C=O) groups is 1. The zero-order valence-electron chi connectivity index (χ0n) is 7.50. The van der Waals surface area contributed by atoms with Gasteiger partial charge in [-0.05, 0) is 11.6 Å². The highest BCUT2D eigenvalue weighted by molar-refractivity contribution is 6.31. The molecule has 82 valence electrons. The Kier molecular flexibility index (Phi) is 3.77.